The van der Waals surface area contributed by atoms with Crippen molar-refractivity contribution >= 4 is 14.0 Å². The molecule has 1 N–H and O–H groups in total. The number of nitrogens with one attached hydrogen (secondary N) is 1. The Morgan fingerprint density at radius 1 is 1.57 bits per heavy atom. The molecule has 42 valence electrons. The van der Waals surface area contributed by atoms with E-state index in [-0.39, 0.29) is 14.0 Å². The van der Waals surface area contributed by atoms with E-state index in [1.165, 1.54) is 6.92 Å². The van der Waals surface area contributed by atoms with E-state index in [0.717, 1.165) is 0 Å². The van der Waals surface area contributed by atoms with Crippen LogP contribution in [0.25, 0.3) is 0 Å². The molecule has 0 aliphatic rings. The molecule has 0 saturated heterocycles. The predicted octanol–water partition coefficient (Wildman–Crippen LogP) is 0.779. The first-order chi connectivity index (χ1) is 3.13. The van der Waals surface area contributed by atoms with E-state index < -0.39 is 0 Å². The van der Waals surface area contributed by atoms with Crippen LogP contribution in [0.4, 0.5) is 0 Å². The summed E-state index contributed by atoms with van der Waals surface area (Å²) in [4.78, 5) is 10.2. The van der Waals surface area contributed by atoms with Crippen molar-refractivity contribution in [3.63, 3.8) is 0 Å². The second-order valence-electron chi connectivity index (χ2n) is 1.56. The maximum Gasteiger partial charge on any atom is 0.220 e. The van der Waals surface area contributed by atoms with E-state index >= 15 is 0 Å². The van der Waals surface area contributed by atoms with Gasteiger partial charge in [-0.05, 0) is 21.4 Å². The van der Waals surface area contributed by atoms with Crippen LogP contribution < -0.4 is 5.09 Å². The summed E-state index contributed by atoms with van der Waals surface area (Å²) in [6.45, 7) is 5.52. The molecule has 2 nitrogen and oxygen atoms in total. The van der Waals surface area contributed by atoms with E-state index in [1.54, 1.807) is 0 Å². The maximum atomic E-state index is 10.2. The molecule has 0 atom stereocenters. The molecule has 0 aromatic carbocycles. The number of hydrogen-bond acceptors (Lipinski definition) is 1. The summed E-state index contributed by atoms with van der Waals surface area (Å²) in [7, 11) is -0.239. The highest BCUT2D eigenvalue weighted by Gasteiger charge is 1.90. The molecule has 1 amide bonds. The summed E-state index contributed by atoms with van der Waals surface area (Å²) in [5, 5.41) is 2.73. The first-order valence-electron chi connectivity index (χ1n) is 2.07. The lowest BCUT2D eigenvalue weighted by Gasteiger charge is -2.02. The van der Waals surface area contributed by atoms with Gasteiger partial charge in [0.15, 0.2) is 0 Å². The minimum atomic E-state index is -0.239. The second-order valence-corrected chi connectivity index (χ2v) is 3.57. The molecule has 0 aliphatic heterocycles. The Kier molecular flexibility index (Phi) is 2.93. The van der Waals surface area contributed by atoms with Crippen LogP contribution in [-0.2, 0) is 4.79 Å². The van der Waals surface area contributed by atoms with Gasteiger partial charge < -0.3 is 5.09 Å². The third-order valence-electron chi connectivity index (χ3n) is 0.381. The van der Waals surface area contributed by atoms with E-state index in [4.69, 9.17) is 0 Å². The average Bonchev–Trinajstić information content (AvgIpc) is 1.27. The van der Waals surface area contributed by atoms with Gasteiger partial charge in [-0.15, -0.1) is 0 Å². The number of hydrogen-bond donors (Lipinski definition) is 1. The fourth-order valence-electron chi connectivity index (χ4n) is 0.315. The molecule has 0 fully saturated rings. The molecule has 0 spiro atoms. The minimum absolute atomic E-state index is 0.0658. The number of carbonyl (C=O) groups is 1. The zero-order chi connectivity index (χ0) is 5.86. The van der Waals surface area contributed by atoms with Crippen LogP contribution in [0.15, 0.2) is 0 Å². The zero-order valence-corrected chi connectivity index (χ0v) is 5.75. The molecule has 0 heterocycles. The molecule has 0 radical (unpaired) electrons. The lowest BCUT2D eigenvalue weighted by molar-refractivity contribution is -0.117. The lowest BCUT2D eigenvalue weighted by atomic mass is 10.8. The topological polar surface area (TPSA) is 29.1 Å². The van der Waals surface area contributed by atoms with Gasteiger partial charge in [-0.2, -0.15) is 0 Å². The Labute approximate surface area is 45.1 Å². The summed E-state index contributed by atoms with van der Waals surface area (Å²) in [6, 6.07) is 0. The summed E-state index contributed by atoms with van der Waals surface area (Å²) in [6.07, 6.45) is 0. The molecule has 0 aliphatic carbocycles. The lowest BCUT2D eigenvalue weighted by Crippen LogP contribution is -2.11. The van der Waals surface area contributed by atoms with Crippen molar-refractivity contribution in [2.45, 2.75) is 6.92 Å². The van der Waals surface area contributed by atoms with Crippen molar-refractivity contribution in [1.29, 1.82) is 0 Å². The Bertz CT molecular complexity index is 72.1. The molecule has 0 bridgehead atoms. The standard InChI is InChI=1S/C4H10NOP/c1-4(6)5-7(2)3/h1-3H3,(H,5,6). The maximum absolute atomic E-state index is 10.2. The Morgan fingerprint density at radius 2 is 2.00 bits per heavy atom. The van der Waals surface area contributed by atoms with Gasteiger partial charge in [-0.25, -0.2) is 0 Å². The predicted molar refractivity (Wildman–Crippen MR) is 32.6 cm³/mol. The Hall–Kier alpha value is -0.100. The Morgan fingerprint density at radius 3 is 2.00 bits per heavy atom. The van der Waals surface area contributed by atoms with Gasteiger partial charge in [-0.3, -0.25) is 4.79 Å². The summed E-state index contributed by atoms with van der Waals surface area (Å²) in [5.74, 6) is 0.0658. The Balaban J connectivity index is 3.13. The monoisotopic (exact) mass is 119 g/mol. The molecular formula is C4H10NOP. The fraction of sp³-hybridized carbons (Fsp3) is 0.750. The highest BCUT2D eigenvalue weighted by Crippen LogP contribution is 2.15. The summed E-state index contributed by atoms with van der Waals surface area (Å²) in [5.41, 5.74) is 0. The minimum Gasteiger partial charge on any atom is -0.336 e. The third kappa shape index (κ3) is 5.90. The van der Waals surface area contributed by atoms with Crippen LogP contribution in [0, 0.1) is 0 Å². The molecule has 0 saturated carbocycles. The quantitative estimate of drug-likeness (QED) is 0.508. The van der Waals surface area contributed by atoms with Crippen molar-refractivity contribution in [1.82, 2.24) is 5.09 Å². The van der Waals surface area contributed by atoms with E-state index in [9.17, 15) is 4.79 Å². The van der Waals surface area contributed by atoms with E-state index in [1.807, 2.05) is 13.3 Å². The van der Waals surface area contributed by atoms with Crippen LogP contribution in [-0.4, -0.2) is 19.2 Å². The van der Waals surface area contributed by atoms with E-state index in [0.29, 0.717) is 0 Å². The zero-order valence-electron chi connectivity index (χ0n) is 4.86. The van der Waals surface area contributed by atoms with E-state index in [2.05, 4.69) is 5.09 Å². The van der Waals surface area contributed by atoms with Crippen molar-refractivity contribution in [3.05, 3.63) is 0 Å². The van der Waals surface area contributed by atoms with Crippen molar-refractivity contribution in [2.75, 3.05) is 13.3 Å². The van der Waals surface area contributed by atoms with Gasteiger partial charge in [0.25, 0.3) is 0 Å². The van der Waals surface area contributed by atoms with Crippen LogP contribution in [0.5, 0.6) is 0 Å². The van der Waals surface area contributed by atoms with Gasteiger partial charge in [0, 0.05) is 6.92 Å². The smallest absolute Gasteiger partial charge is 0.220 e. The number of carbonyl (C=O) groups excluding carboxylic acids is 1. The largest absolute Gasteiger partial charge is 0.336 e. The molecular weight excluding hydrogens is 109 g/mol. The normalized spacial score (nSPS) is 9.14. The van der Waals surface area contributed by atoms with Crippen LogP contribution in [0.3, 0.4) is 0 Å². The summed E-state index contributed by atoms with van der Waals surface area (Å²) < 4.78 is 0. The van der Waals surface area contributed by atoms with Gasteiger partial charge in [0.2, 0.25) is 5.91 Å². The third-order valence-corrected chi connectivity index (χ3v) is 1.14. The fourth-order valence-corrected chi connectivity index (χ4v) is 0.945. The highest BCUT2D eigenvalue weighted by atomic mass is 31.1. The molecule has 0 rings (SSSR count). The molecule has 7 heavy (non-hydrogen) atoms. The molecule has 0 aromatic heterocycles. The first kappa shape index (κ1) is 6.90. The number of amides is 1. The molecule has 0 aromatic rings. The first-order valence-corrected chi connectivity index (χ1v) is 4.31. The van der Waals surface area contributed by atoms with Crippen molar-refractivity contribution < 1.29 is 4.79 Å². The molecule has 3 heteroatoms. The van der Waals surface area contributed by atoms with Crippen LogP contribution in [0.2, 0.25) is 0 Å². The molecule has 0 unspecified atom stereocenters. The van der Waals surface area contributed by atoms with Crippen LogP contribution >= 0.6 is 8.07 Å². The van der Waals surface area contributed by atoms with Crippen molar-refractivity contribution in [2.24, 2.45) is 0 Å². The average molecular weight is 119 g/mol. The van der Waals surface area contributed by atoms with Gasteiger partial charge in [0.05, 0.1) is 0 Å². The second kappa shape index (κ2) is 2.98. The van der Waals surface area contributed by atoms with Gasteiger partial charge in [-0.1, -0.05) is 0 Å². The summed E-state index contributed by atoms with van der Waals surface area (Å²) >= 11 is 0. The highest BCUT2D eigenvalue weighted by molar-refractivity contribution is 7.54. The van der Waals surface area contributed by atoms with Gasteiger partial charge >= 0.3 is 0 Å². The number of rotatable bonds is 1. The SMILES string of the molecule is CC(=O)NP(C)C. The van der Waals surface area contributed by atoms with Gasteiger partial charge in [0.1, 0.15) is 0 Å². The van der Waals surface area contributed by atoms with Crippen LogP contribution in [0.1, 0.15) is 6.92 Å². The van der Waals surface area contributed by atoms with Crippen molar-refractivity contribution in [3.8, 4) is 0 Å².